The van der Waals surface area contributed by atoms with Crippen molar-refractivity contribution >= 4 is 17.5 Å². The molecule has 4 aromatic rings. The summed E-state index contributed by atoms with van der Waals surface area (Å²) in [5.41, 5.74) is 4.44. The SMILES string of the molecule is O=C(Nc1ccc(Oc2ccc(F)cc2)cc1)[C@H]1C[C@@H](Cc2ccccc2)CN1C(=O)CN1CCc2ccccc2C1. The van der Waals surface area contributed by atoms with E-state index in [9.17, 15) is 14.0 Å². The number of fused-ring (bicyclic) bond motifs is 1. The maximum atomic E-state index is 13.7. The minimum atomic E-state index is -0.543. The molecule has 1 N–H and O–H groups in total. The van der Waals surface area contributed by atoms with E-state index < -0.39 is 6.04 Å². The van der Waals surface area contributed by atoms with Crippen LogP contribution in [0.4, 0.5) is 10.1 Å². The molecule has 0 unspecified atom stereocenters. The topological polar surface area (TPSA) is 61.9 Å². The predicted octanol–water partition coefficient (Wildman–Crippen LogP) is 6.07. The van der Waals surface area contributed by atoms with Crippen molar-refractivity contribution in [3.63, 3.8) is 0 Å². The molecule has 0 bridgehead atoms. The lowest BCUT2D eigenvalue weighted by Gasteiger charge is -2.31. The summed E-state index contributed by atoms with van der Waals surface area (Å²) in [4.78, 5) is 31.3. The van der Waals surface area contributed by atoms with Crippen molar-refractivity contribution in [1.82, 2.24) is 9.80 Å². The molecule has 0 saturated carbocycles. The van der Waals surface area contributed by atoms with Gasteiger partial charge in [-0.1, -0.05) is 54.6 Å². The van der Waals surface area contributed by atoms with E-state index in [0.717, 1.165) is 25.9 Å². The van der Waals surface area contributed by atoms with Crippen molar-refractivity contribution in [2.24, 2.45) is 5.92 Å². The number of hydrogen-bond donors (Lipinski definition) is 1. The summed E-state index contributed by atoms with van der Waals surface area (Å²) in [5, 5.41) is 3.02. The Kier molecular flexibility index (Phi) is 8.28. The zero-order valence-corrected chi connectivity index (χ0v) is 23.4. The van der Waals surface area contributed by atoms with Crippen LogP contribution in [0.15, 0.2) is 103 Å². The van der Waals surface area contributed by atoms with Crippen LogP contribution in [0.3, 0.4) is 0 Å². The zero-order chi connectivity index (χ0) is 28.9. The van der Waals surface area contributed by atoms with Gasteiger partial charge in [-0.2, -0.15) is 0 Å². The molecule has 4 aromatic carbocycles. The second-order valence-electron chi connectivity index (χ2n) is 11.2. The van der Waals surface area contributed by atoms with Gasteiger partial charge >= 0.3 is 0 Å². The van der Waals surface area contributed by atoms with Crippen LogP contribution < -0.4 is 10.1 Å². The second kappa shape index (κ2) is 12.6. The lowest BCUT2D eigenvalue weighted by molar-refractivity contribution is -0.137. The summed E-state index contributed by atoms with van der Waals surface area (Å²) in [6.45, 7) is 2.42. The van der Waals surface area contributed by atoms with Gasteiger partial charge in [0.05, 0.1) is 6.54 Å². The average molecular weight is 564 g/mol. The number of anilines is 1. The predicted molar refractivity (Wildman–Crippen MR) is 161 cm³/mol. The van der Waals surface area contributed by atoms with Crippen LogP contribution in [0.25, 0.3) is 0 Å². The van der Waals surface area contributed by atoms with E-state index >= 15 is 0 Å². The first-order valence-corrected chi connectivity index (χ1v) is 14.5. The molecule has 1 saturated heterocycles. The minimum Gasteiger partial charge on any atom is -0.457 e. The fraction of sp³-hybridized carbons (Fsp3) is 0.257. The van der Waals surface area contributed by atoms with Gasteiger partial charge in [0.15, 0.2) is 0 Å². The van der Waals surface area contributed by atoms with Crippen molar-refractivity contribution in [2.75, 3.05) is 25.0 Å². The maximum Gasteiger partial charge on any atom is 0.247 e. The molecular formula is C35H34FN3O3. The Labute approximate surface area is 245 Å². The van der Waals surface area contributed by atoms with Gasteiger partial charge in [-0.3, -0.25) is 14.5 Å². The quantitative estimate of drug-likeness (QED) is 0.283. The molecule has 7 heteroatoms. The Morgan fingerprint density at radius 3 is 2.24 bits per heavy atom. The minimum absolute atomic E-state index is 0.00635. The second-order valence-corrected chi connectivity index (χ2v) is 11.2. The molecule has 2 heterocycles. The van der Waals surface area contributed by atoms with Crippen molar-refractivity contribution in [2.45, 2.75) is 31.8 Å². The van der Waals surface area contributed by atoms with Crippen molar-refractivity contribution in [3.05, 3.63) is 126 Å². The molecule has 2 amide bonds. The van der Waals surface area contributed by atoms with E-state index in [1.54, 1.807) is 41.3 Å². The van der Waals surface area contributed by atoms with E-state index in [2.05, 4.69) is 40.5 Å². The highest BCUT2D eigenvalue weighted by Gasteiger charge is 2.40. The molecule has 0 spiro atoms. The summed E-state index contributed by atoms with van der Waals surface area (Å²) in [6, 6.07) is 30.9. The molecular weight excluding hydrogens is 529 g/mol. The third kappa shape index (κ3) is 6.69. The highest BCUT2D eigenvalue weighted by Crippen LogP contribution is 2.29. The first kappa shape index (κ1) is 27.7. The summed E-state index contributed by atoms with van der Waals surface area (Å²) < 4.78 is 19.0. The van der Waals surface area contributed by atoms with E-state index in [1.807, 2.05) is 24.3 Å². The van der Waals surface area contributed by atoms with Crippen LogP contribution in [-0.2, 0) is 29.0 Å². The smallest absolute Gasteiger partial charge is 0.247 e. The molecule has 2 atom stereocenters. The zero-order valence-electron chi connectivity index (χ0n) is 23.4. The third-order valence-electron chi connectivity index (χ3n) is 8.12. The van der Waals surface area contributed by atoms with Gasteiger partial charge < -0.3 is 15.0 Å². The van der Waals surface area contributed by atoms with Crippen molar-refractivity contribution < 1.29 is 18.7 Å². The van der Waals surface area contributed by atoms with Gasteiger partial charge in [-0.15, -0.1) is 0 Å². The average Bonchev–Trinajstić information content (AvgIpc) is 3.44. The Bertz CT molecular complexity index is 1530. The Balaban J connectivity index is 1.13. The van der Waals surface area contributed by atoms with Crippen LogP contribution in [0.2, 0.25) is 0 Å². The van der Waals surface area contributed by atoms with Gasteiger partial charge in [0, 0.05) is 25.3 Å². The maximum absolute atomic E-state index is 13.7. The van der Waals surface area contributed by atoms with Crippen molar-refractivity contribution in [3.8, 4) is 11.5 Å². The molecule has 6 nitrogen and oxygen atoms in total. The number of nitrogens with zero attached hydrogens (tertiary/aromatic N) is 2. The molecule has 2 aliphatic rings. The molecule has 6 rings (SSSR count). The number of halogens is 1. The Morgan fingerprint density at radius 1 is 0.833 bits per heavy atom. The van der Waals surface area contributed by atoms with Crippen LogP contribution in [-0.4, -0.2) is 47.3 Å². The summed E-state index contributed by atoms with van der Waals surface area (Å²) >= 11 is 0. The highest BCUT2D eigenvalue weighted by molar-refractivity contribution is 5.97. The third-order valence-corrected chi connectivity index (χ3v) is 8.12. The van der Waals surface area contributed by atoms with Crippen LogP contribution in [0, 0.1) is 11.7 Å². The fourth-order valence-electron chi connectivity index (χ4n) is 5.98. The molecule has 214 valence electrons. The summed E-state index contributed by atoms with van der Waals surface area (Å²) in [6.07, 6.45) is 2.35. The van der Waals surface area contributed by atoms with E-state index in [4.69, 9.17) is 4.74 Å². The summed E-state index contributed by atoms with van der Waals surface area (Å²) in [5.74, 6) is 0.772. The van der Waals surface area contributed by atoms with Gasteiger partial charge in [-0.25, -0.2) is 4.39 Å². The number of hydrogen-bond acceptors (Lipinski definition) is 4. The van der Waals surface area contributed by atoms with Crippen molar-refractivity contribution in [1.29, 1.82) is 0 Å². The van der Waals surface area contributed by atoms with Crippen LogP contribution in [0.1, 0.15) is 23.1 Å². The number of carbonyl (C=O) groups excluding carboxylic acids is 2. The van der Waals surface area contributed by atoms with E-state index in [1.165, 1.54) is 28.8 Å². The number of carbonyl (C=O) groups is 2. The van der Waals surface area contributed by atoms with Gasteiger partial charge in [-0.05, 0) is 90.4 Å². The molecule has 0 aliphatic carbocycles. The first-order valence-electron chi connectivity index (χ1n) is 14.5. The number of nitrogens with one attached hydrogen (secondary N) is 1. The van der Waals surface area contributed by atoms with Gasteiger partial charge in [0.2, 0.25) is 11.8 Å². The standard InChI is InChI=1S/C35H34FN3O3/c36-29-10-14-31(15-11-29)42-32-16-12-30(13-17-32)37-35(41)33-21-26(20-25-6-2-1-3-7-25)22-39(33)34(40)24-38-19-18-27-8-4-5-9-28(27)23-38/h1-17,26,33H,18-24H2,(H,37,41)/t26-,33-/m1/s1. The van der Waals surface area contributed by atoms with Crippen LogP contribution >= 0.6 is 0 Å². The number of likely N-dealkylation sites (tertiary alicyclic amines) is 1. The molecule has 2 aliphatic heterocycles. The van der Waals surface area contributed by atoms with Gasteiger partial charge in [0.1, 0.15) is 23.4 Å². The lowest BCUT2D eigenvalue weighted by atomic mass is 9.96. The summed E-state index contributed by atoms with van der Waals surface area (Å²) in [7, 11) is 0. The number of rotatable bonds is 8. The monoisotopic (exact) mass is 563 g/mol. The number of benzene rings is 4. The normalized spacial score (nSPS) is 18.4. The Morgan fingerprint density at radius 2 is 1.50 bits per heavy atom. The number of ether oxygens (including phenoxy) is 1. The van der Waals surface area contributed by atoms with Gasteiger partial charge in [0.25, 0.3) is 0 Å². The molecule has 1 fully saturated rings. The lowest BCUT2D eigenvalue weighted by Crippen LogP contribution is -2.48. The molecule has 42 heavy (non-hydrogen) atoms. The highest BCUT2D eigenvalue weighted by atomic mass is 19.1. The van der Waals surface area contributed by atoms with Crippen LogP contribution in [0.5, 0.6) is 11.5 Å². The molecule has 0 radical (unpaired) electrons. The van der Waals surface area contributed by atoms with E-state index in [-0.39, 0.29) is 23.5 Å². The largest absolute Gasteiger partial charge is 0.457 e. The fourth-order valence-corrected chi connectivity index (χ4v) is 5.98. The molecule has 0 aromatic heterocycles. The van der Waals surface area contributed by atoms with E-state index in [0.29, 0.717) is 36.7 Å². The number of amides is 2. The Hall–Kier alpha value is -4.49. The first-order chi connectivity index (χ1) is 20.5.